The molecule has 2 saturated carbocycles. The van der Waals surface area contributed by atoms with Gasteiger partial charge < -0.3 is 14.4 Å². The van der Waals surface area contributed by atoms with Crippen molar-refractivity contribution in [2.75, 3.05) is 20.3 Å². The van der Waals surface area contributed by atoms with Gasteiger partial charge in [-0.3, -0.25) is 4.79 Å². The fraction of sp³-hybridized carbons (Fsp3) is 0.938. The van der Waals surface area contributed by atoms with E-state index in [0.717, 1.165) is 51.7 Å². The number of hydrogen-bond acceptors (Lipinski definition) is 3. The Bertz CT molecular complexity index is 336. The molecule has 4 heteroatoms. The summed E-state index contributed by atoms with van der Waals surface area (Å²) in [7, 11) is 2.00. The first kappa shape index (κ1) is 14.3. The Balaban J connectivity index is 1.52. The van der Waals surface area contributed by atoms with Crippen LogP contribution in [0, 0.1) is 5.92 Å². The molecule has 4 nitrogen and oxygen atoms in total. The Hall–Kier alpha value is -0.610. The molecule has 0 bridgehead atoms. The zero-order valence-corrected chi connectivity index (χ0v) is 12.6. The molecule has 1 aliphatic heterocycles. The maximum Gasteiger partial charge on any atom is 0.225 e. The Kier molecular flexibility index (Phi) is 4.32. The van der Waals surface area contributed by atoms with Crippen molar-refractivity contribution in [1.82, 2.24) is 4.90 Å². The fourth-order valence-corrected chi connectivity index (χ4v) is 4.03. The van der Waals surface area contributed by atoms with Gasteiger partial charge in [-0.2, -0.15) is 0 Å². The Labute approximate surface area is 121 Å². The van der Waals surface area contributed by atoms with Crippen LogP contribution in [0.3, 0.4) is 0 Å². The highest BCUT2D eigenvalue weighted by Crippen LogP contribution is 2.37. The first-order valence-corrected chi connectivity index (χ1v) is 8.25. The van der Waals surface area contributed by atoms with E-state index < -0.39 is 0 Å². The second-order valence-electron chi connectivity index (χ2n) is 6.62. The fourth-order valence-electron chi connectivity index (χ4n) is 4.03. The number of ether oxygens (including phenoxy) is 2. The predicted molar refractivity (Wildman–Crippen MR) is 76.2 cm³/mol. The van der Waals surface area contributed by atoms with Crippen LogP contribution in [0.4, 0.5) is 0 Å². The molecule has 3 fully saturated rings. The van der Waals surface area contributed by atoms with Gasteiger partial charge in [-0.05, 0) is 25.7 Å². The normalized spacial score (nSPS) is 27.9. The van der Waals surface area contributed by atoms with Crippen molar-refractivity contribution >= 4 is 5.91 Å². The number of rotatable bonds is 2. The molecule has 20 heavy (non-hydrogen) atoms. The number of amides is 1. The van der Waals surface area contributed by atoms with E-state index in [-0.39, 0.29) is 11.7 Å². The number of nitrogens with zero attached hydrogens (tertiary/aromatic N) is 1. The van der Waals surface area contributed by atoms with Crippen molar-refractivity contribution < 1.29 is 14.3 Å². The molecule has 3 aliphatic rings. The highest BCUT2D eigenvalue weighted by atomic mass is 16.7. The second-order valence-corrected chi connectivity index (χ2v) is 6.62. The first-order chi connectivity index (χ1) is 9.70. The topological polar surface area (TPSA) is 38.8 Å². The van der Waals surface area contributed by atoms with Crippen molar-refractivity contribution in [2.24, 2.45) is 5.92 Å². The summed E-state index contributed by atoms with van der Waals surface area (Å²) >= 11 is 0. The number of carbonyl (C=O) groups excluding carboxylic acids is 1. The van der Waals surface area contributed by atoms with Gasteiger partial charge in [0.15, 0.2) is 5.79 Å². The van der Waals surface area contributed by atoms with Gasteiger partial charge in [0.2, 0.25) is 5.91 Å². The Morgan fingerprint density at radius 3 is 2.20 bits per heavy atom. The maximum absolute atomic E-state index is 12.6. The quantitative estimate of drug-likeness (QED) is 0.781. The summed E-state index contributed by atoms with van der Waals surface area (Å²) in [6, 6.07) is 0.378. The van der Waals surface area contributed by atoms with E-state index in [1.807, 2.05) is 11.9 Å². The third kappa shape index (κ3) is 2.86. The smallest absolute Gasteiger partial charge is 0.225 e. The summed E-state index contributed by atoms with van der Waals surface area (Å²) < 4.78 is 11.5. The lowest BCUT2D eigenvalue weighted by Gasteiger charge is -2.40. The Morgan fingerprint density at radius 2 is 1.60 bits per heavy atom. The molecule has 1 spiro atoms. The Morgan fingerprint density at radius 1 is 1.00 bits per heavy atom. The van der Waals surface area contributed by atoms with Gasteiger partial charge in [-0.1, -0.05) is 19.3 Å². The minimum atomic E-state index is -0.314. The monoisotopic (exact) mass is 281 g/mol. The van der Waals surface area contributed by atoms with Crippen LogP contribution in [0.1, 0.15) is 57.8 Å². The zero-order valence-electron chi connectivity index (χ0n) is 12.6. The highest BCUT2D eigenvalue weighted by molar-refractivity contribution is 5.79. The van der Waals surface area contributed by atoms with Crippen molar-refractivity contribution in [3.05, 3.63) is 0 Å². The van der Waals surface area contributed by atoms with E-state index in [9.17, 15) is 4.79 Å². The lowest BCUT2D eigenvalue weighted by molar-refractivity contribution is -0.185. The summed E-state index contributed by atoms with van der Waals surface area (Å²) in [4.78, 5) is 14.6. The van der Waals surface area contributed by atoms with Gasteiger partial charge >= 0.3 is 0 Å². The largest absolute Gasteiger partial charge is 0.348 e. The molecule has 0 radical (unpaired) electrons. The average molecular weight is 281 g/mol. The lowest BCUT2D eigenvalue weighted by Crippen LogP contribution is -2.46. The van der Waals surface area contributed by atoms with Crippen LogP contribution < -0.4 is 0 Å². The lowest BCUT2D eigenvalue weighted by atomic mass is 9.85. The molecule has 0 aromatic carbocycles. The summed E-state index contributed by atoms with van der Waals surface area (Å²) in [6.07, 6.45) is 9.80. The van der Waals surface area contributed by atoms with Crippen molar-refractivity contribution in [3.8, 4) is 0 Å². The molecule has 0 atom stereocenters. The van der Waals surface area contributed by atoms with Crippen molar-refractivity contribution in [3.63, 3.8) is 0 Å². The van der Waals surface area contributed by atoms with E-state index in [1.54, 1.807) is 0 Å². The van der Waals surface area contributed by atoms with Crippen molar-refractivity contribution in [2.45, 2.75) is 69.6 Å². The van der Waals surface area contributed by atoms with Gasteiger partial charge in [0.05, 0.1) is 13.2 Å². The molecule has 0 aromatic heterocycles. The van der Waals surface area contributed by atoms with Gasteiger partial charge in [-0.25, -0.2) is 0 Å². The summed E-state index contributed by atoms with van der Waals surface area (Å²) in [6.45, 7) is 1.45. The van der Waals surface area contributed by atoms with Gasteiger partial charge in [0.1, 0.15) is 0 Å². The molecule has 2 aliphatic carbocycles. The standard InChI is InChI=1S/C16H27NO3/c1-17(15(18)13-5-3-2-4-6-13)14-7-9-16(10-8-14)19-11-12-20-16/h13-14H,2-12H2,1H3. The molecular formula is C16H27NO3. The van der Waals surface area contributed by atoms with Crippen molar-refractivity contribution in [1.29, 1.82) is 0 Å². The van der Waals surface area contributed by atoms with Gasteiger partial charge in [0.25, 0.3) is 0 Å². The van der Waals surface area contributed by atoms with Gasteiger partial charge in [0, 0.05) is 31.8 Å². The third-order valence-electron chi connectivity index (χ3n) is 5.38. The van der Waals surface area contributed by atoms with Crippen LogP contribution in [-0.2, 0) is 14.3 Å². The molecule has 0 unspecified atom stereocenters. The van der Waals surface area contributed by atoms with E-state index in [2.05, 4.69) is 0 Å². The summed E-state index contributed by atoms with van der Waals surface area (Å²) in [5, 5.41) is 0. The van der Waals surface area contributed by atoms with E-state index in [4.69, 9.17) is 9.47 Å². The molecule has 1 amide bonds. The van der Waals surface area contributed by atoms with Crippen LogP contribution in [0.15, 0.2) is 0 Å². The molecule has 1 heterocycles. The second kappa shape index (κ2) is 6.02. The minimum Gasteiger partial charge on any atom is -0.348 e. The maximum atomic E-state index is 12.6. The number of carbonyl (C=O) groups is 1. The zero-order chi connectivity index (χ0) is 14.0. The van der Waals surface area contributed by atoms with Crippen LogP contribution >= 0.6 is 0 Å². The van der Waals surface area contributed by atoms with E-state index in [1.165, 1.54) is 19.3 Å². The third-order valence-corrected chi connectivity index (χ3v) is 5.38. The number of hydrogen-bond donors (Lipinski definition) is 0. The minimum absolute atomic E-state index is 0.281. The van der Waals surface area contributed by atoms with Crippen LogP contribution in [0.2, 0.25) is 0 Å². The van der Waals surface area contributed by atoms with Crippen LogP contribution in [-0.4, -0.2) is 42.9 Å². The SMILES string of the molecule is CN(C(=O)C1CCCCC1)C1CCC2(CC1)OCCO2. The summed E-state index contributed by atoms with van der Waals surface area (Å²) in [5.74, 6) is 0.341. The first-order valence-electron chi connectivity index (χ1n) is 8.25. The molecule has 1 saturated heterocycles. The molecule has 3 rings (SSSR count). The highest BCUT2D eigenvalue weighted by Gasteiger charge is 2.42. The van der Waals surface area contributed by atoms with Gasteiger partial charge in [-0.15, -0.1) is 0 Å². The van der Waals surface area contributed by atoms with E-state index >= 15 is 0 Å². The predicted octanol–water partition coefficient (Wildman–Crippen LogP) is 2.71. The molecular weight excluding hydrogens is 254 g/mol. The van der Waals surface area contributed by atoms with E-state index in [0.29, 0.717) is 11.9 Å². The average Bonchev–Trinajstić information content (AvgIpc) is 2.96. The van der Waals surface area contributed by atoms with Crippen LogP contribution in [0.25, 0.3) is 0 Å². The molecule has 114 valence electrons. The van der Waals surface area contributed by atoms with Crippen LogP contribution in [0.5, 0.6) is 0 Å². The molecule has 0 aromatic rings. The summed E-state index contributed by atoms with van der Waals surface area (Å²) in [5.41, 5.74) is 0. The molecule has 0 N–H and O–H groups in total.